The summed E-state index contributed by atoms with van der Waals surface area (Å²) < 4.78 is 6.87. The Morgan fingerprint density at radius 3 is 3.00 bits per heavy atom. The van der Waals surface area contributed by atoms with Gasteiger partial charge in [-0.25, -0.2) is 4.98 Å². The molecule has 1 heterocycles. The highest BCUT2D eigenvalue weighted by atomic mass is 79.9. The van der Waals surface area contributed by atoms with E-state index < -0.39 is 0 Å². The molecule has 3 rings (SSSR count). The van der Waals surface area contributed by atoms with E-state index in [2.05, 4.69) is 53.0 Å². The highest BCUT2D eigenvalue weighted by Crippen LogP contribution is 2.37. The second-order valence-electron chi connectivity index (χ2n) is 5.57. The van der Waals surface area contributed by atoms with Crippen molar-refractivity contribution in [2.24, 2.45) is 0 Å². The fourth-order valence-electron chi connectivity index (χ4n) is 3.09. The van der Waals surface area contributed by atoms with E-state index in [4.69, 9.17) is 4.74 Å². The molecule has 0 saturated carbocycles. The first-order chi connectivity index (χ1) is 10.2. The number of rotatable bonds is 5. The number of ether oxygens (including phenoxy) is 1. The number of benzene rings is 1. The Balaban J connectivity index is 1.60. The molecule has 1 aliphatic rings. The molecule has 1 aromatic carbocycles. The summed E-state index contributed by atoms with van der Waals surface area (Å²) in [7, 11) is 0. The monoisotopic (exact) mass is 365 g/mol. The molecule has 0 amide bonds. The number of halogens is 1. The Morgan fingerprint density at radius 1 is 1.43 bits per heavy atom. The molecule has 0 fully saturated rings. The van der Waals surface area contributed by atoms with Crippen molar-refractivity contribution in [2.75, 3.05) is 6.61 Å². The van der Waals surface area contributed by atoms with Crippen molar-refractivity contribution in [3.05, 3.63) is 43.8 Å². The third kappa shape index (κ3) is 3.32. The van der Waals surface area contributed by atoms with Gasteiger partial charge in [0.15, 0.2) is 3.92 Å². The fraction of sp³-hybridized carbons (Fsp3) is 0.471. The van der Waals surface area contributed by atoms with E-state index in [1.165, 1.54) is 35.3 Å². The highest BCUT2D eigenvalue weighted by molar-refractivity contribution is 9.11. The standard InChI is InChI=1S/C17H20BrNOS/c1-3-12-4-5-13-10-14(6-7-15(12)13)20-9-8-16-11(2)21-17(18)19-16/h6-7,10,12H,3-5,8-9H2,1-2H3/t12-/m1/s1. The molecule has 4 heteroatoms. The second kappa shape index (κ2) is 6.49. The zero-order chi connectivity index (χ0) is 14.8. The molecule has 0 saturated heterocycles. The molecule has 1 aliphatic carbocycles. The Kier molecular flexibility index (Phi) is 4.65. The minimum absolute atomic E-state index is 0.688. The van der Waals surface area contributed by atoms with E-state index >= 15 is 0 Å². The number of nitrogens with zero attached hydrogens (tertiary/aromatic N) is 1. The average Bonchev–Trinajstić information content (AvgIpc) is 3.01. The Labute approximate surface area is 138 Å². The smallest absolute Gasteiger partial charge is 0.159 e. The van der Waals surface area contributed by atoms with Crippen LogP contribution in [0.3, 0.4) is 0 Å². The topological polar surface area (TPSA) is 22.1 Å². The zero-order valence-electron chi connectivity index (χ0n) is 12.5. The van der Waals surface area contributed by atoms with Crippen LogP contribution in [0.15, 0.2) is 22.1 Å². The lowest BCUT2D eigenvalue weighted by atomic mass is 9.99. The third-order valence-corrected chi connectivity index (χ3v) is 5.75. The van der Waals surface area contributed by atoms with Gasteiger partial charge in [-0.3, -0.25) is 0 Å². The Bertz CT molecular complexity index is 638. The number of fused-ring (bicyclic) bond motifs is 1. The van der Waals surface area contributed by atoms with Crippen LogP contribution in [0.1, 0.15) is 47.4 Å². The molecule has 0 unspecified atom stereocenters. The molecule has 0 spiro atoms. The molecule has 21 heavy (non-hydrogen) atoms. The summed E-state index contributed by atoms with van der Waals surface area (Å²) in [5.74, 6) is 1.75. The lowest BCUT2D eigenvalue weighted by molar-refractivity contribution is 0.320. The molecular weight excluding hydrogens is 346 g/mol. The largest absolute Gasteiger partial charge is 0.493 e. The number of thiazole rings is 1. The van der Waals surface area contributed by atoms with Gasteiger partial charge in [0.1, 0.15) is 5.75 Å². The van der Waals surface area contributed by atoms with E-state index in [0.717, 1.165) is 27.7 Å². The predicted molar refractivity (Wildman–Crippen MR) is 91.5 cm³/mol. The quantitative estimate of drug-likeness (QED) is 0.719. The van der Waals surface area contributed by atoms with Crippen molar-refractivity contribution in [3.63, 3.8) is 0 Å². The van der Waals surface area contributed by atoms with Crippen molar-refractivity contribution in [1.29, 1.82) is 0 Å². The lowest BCUT2D eigenvalue weighted by Crippen LogP contribution is -2.03. The molecule has 2 aromatic rings. The van der Waals surface area contributed by atoms with E-state index in [1.54, 1.807) is 11.3 Å². The summed E-state index contributed by atoms with van der Waals surface area (Å²) in [6.07, 6.45) is 4.60. The van der Waals surface area contributed by atoms with Crippen LogP contribution in [-0.4, -0.2) is 11.6 Å². The fourth-order valence-corrected chi connectivity index (χ4v) is 4.70. The van der Waals surface area contributed by atoms with Crippen LogP contribution in [0.2, 0.25) is 0 Å². The molecule has 0 radical (unpaired) electrons. The molecular formula is C17H20BrNOS. The zero-order valence-corrected chi connectivity index (χ0v) is 14.9. The molecule has 0 aliphatic heterocycles. The van der Waals surface area contributed by atoms with Crippen LogP contribution in [0, 0.1) is 6.92 Å². The summed E-state index contributed by atoms with van der Waals surface area (Å²) in [4.78, 5) is 5.74. The Morgan fingerprint density at radius 2 is 2.29 bits per heavy atom. The average molecular weight is 366 g/mol. The normalized spacial score (nSPS) is 17.0. The van der Waals surface area contributed by atoms with Crippen LogP contribution >= 0.6 is 27.3 Å². The first-order valence-electron chi connectivity index (χ1n) is 7.54. The summed E-state index contributed by atoms with van der Waals surface area (Å²) in [5, 5.41) is 0. The number of hydrogen-bond acceptors (Lipinski definition) is 3. The van der Waals surface area contributed by atoms with Gasteiger partial charge in [-0.2, -0.15) is 0 Å². The van der Waals surface area contributed by atoms with Crippen LogP contribution in [-0.2, 0) is 12.8 Å². The maximum absolute atomic E-state index is 5.92. The molecule has 2 nitrogen and oxygen atoms in total. The van der Waals surface area contributed by atoms with Gasteiger partial charge in [0.05, 0.1) is 12.3 Å². The maximum Gasteiger partial charge on any atom is 0.159 e. The first kappa shape index (κ1) is 15.0. The number of aryl methyl sites for hydroxylation is 2. The molecule has 112 valence electrons. The summed E-state index contributed by atoms with van der Waals surface area (Å²) in [6.45, 7) is 5.07. The van der Waals surface area contributed by atoms with Gasteiger partial charge < -0.3 is 4.74 Å². The van der Waals surface area contributed by atoms with Crippen LogP contribution < -0.4 is 4.74 Å². The van der Waals surface area contributed by atoms with E-state index in [0.29, 0.717) is 6.61 Å². The summed E-state index contributed by atoms with van der Waals surface area (Å²) in [6, 6.07) is 6.61. The van der Waals surface area contributed by atoms with Crippen molar-refractivity contribution < 1.29 is 4.74 Å². The van der Waals surface area contributed by atoms with Crippen LogP contribution in [0.4, 0.5) is 0 Å². The van der Waals surface area contributed by atoms with Crippen LogP contribution in [0.5, 0.6) is 5.75 Å². The predicted octanol–water partition coefficient (Wildman–Crippen LogP) is 5.28. The van der Waals surface area contributed by atoms with Gasteiger partial charge in [-0.05, 0) is 71.3 Å². The van der Waals surface area contributed by atoms with Gasteiger partial charge in [0.2, 0.25) is 0 Å². The van der Waals surface area contributed by atoms with Gasteiger partial charge in [-0.15, -0.1) is 11.3 Å². The SMILES string of the molecule is CC[C@@H]1CCc2cc(OCCc3nc(Br)sc3C)ccc21. The molecule has 1 atom stereocenters. The maximum atomic E-state index is 5.92. The van der Waals surface area contributed by atoms with Gasteiger partial charge >= 0.3 is 0 Å². The van der Waals surface area contributed by atoms with Gasteiger partial charge in [0.25, 0.3) is 0 Å². The minimum Gasteiger partial charge on any atom is -0.493 e. The molecule has 0 N–H and O–H groups in total. The molecule has 1 aromatic heterocycles. The first-order valence-corrected chi connectivity index (χ1v) is 9.15. The van der Waals surface area contributed by atoms with Gasteiger partial charge in [-0.1, -0.05) is 13.0 Å². The van der Waals surface area contributed by atoms with Crippen molar-refractivity contribution in [3.8, 4) is 5.75 Å². The highest BCUT2D eigenvalue weighted by Gasteiger charge is 2.21. The number of hydrogen-bond donors (Lipinski definition) is 0. The van der Waals surface area contributed by atoms with E-state index in [9.17, 15) is 0 Å². The van der Waals surface area contributed by atoms with E-state index in [-0.39, 0.29) is 0 Å². The second-order valence-corrected chi connectivity index (χ2v) is 8.05. The minimum atomic E-state index is 0.688. The lowest BCUT2D eigenvalue weighted by Gasteiger charge is -2.10. The third-order valence-electron chi connectivity index (χ3n) is 4.28. The van der Waals surface area contributed by atoms with Crippen molar-refractivity contribution >= 4 is 27.3 Å². The summed E-state index contributed by atoms with van der Waals surface area (Å²) in [5.41, 5.74) is 4.15. The summed E-state index contributed by atoms with van der Waals surface area (Å²) >= 11 is 5.12. The molecule has 0 bridgehead atoms. The van der Waals surface area contributed by atoms with Crippen molar-refractivity contribution in [2.45, 2.75) is 45.4 Å². The van der Waals surface area contributed by atoms with Crippen LogP contribution in [0.25, 0.3) is 0 Å². The van der Waals surface area contributed by atoms with E-state index in [1.807, 2.05) is 0 Å². The van der Waals surface area contributed by atoms with Gasteiger partial charge in [0, 0.05) is 11.3 Å². The van der Waals surface area contributed by atoms with Crippen molar-refractivity contribution in [1.82, 2.24) is 4.98 Å². The Hall–Kier alpha value is -0.870. The number of aromatic nitrogens is 1.